The molecule has 7 N–H and O–H groups in total. The average Bonchev–Trinajstić information content (AvgIpc) is 3.72. The number of ether oxygens (including phenoxy) is 2. The summed E-state index contributed by atoms with van der Waals surface area (Å²) >= 11 is 8.22. The first-order chi connectivity index (χ1) is 21.3. The van der Waals surface area contributed by atoms with Crippen LogP contribution in [0.3, 0.4) is 0 Å². The summed E-state index contributed by atoms with van der Waals surface area (Å²) in [6.45, 7) is -1.29. The van der Waals surface area contributed by atoms with Gasteiger partial charge in [-0.2, -0.15) is 0 Å². The summed E-state index contributed by atoms with van der Waals surface area (Å²) < 4.78 is 68.0. The van der Waals surface area contributed by atoms with Gasteiger partial charge in [0.15, 0.2) is 0 Å². The van der Waals surface area contributed by atoms with E-state index in [0.717, 1.165) is 17.3 Å². The third-order valence-corrected chi connectivity index (χ3v) is 10.9. The molecule has 0 aliphatic carbocycles. The quantitative estimate of drug-likeness (QED) is 0.102. The van der Waals surface area contributed by atoms with Crippen LogP contribution in [-0.2, 0) is 27.6 Å². The normalized spacial score (nSPS) is 34.9. The number of nitrogens with one attached hydrogen (secondary N) is 1. The van der Waals surface area contributed by atoms with E-state index < -0.39 is 82.3 Å². The number of hydrogen-bond acceptors (Lipinski definition) is 19. The van der Waals surface area contributed by atoms with Gasteiger partial charge in [0.1, 0.15) is 0 Å². The number of halogens is 2. The molecule has 4 aromatic rings. The Kier molecular flexibility index (Phi) is 7.86. The molecule has 2 bridgehead atoms. The topological polar surface area (TPSA) is 268 Å². The third kappa shape index (κ3) is 5.61. The second-order valence-electron chi connectivity index (χ2n) is 10.1. The van der Waals surface area contributed by atoms with E-state index in [-0.39, 0.29) is 34.1 Å². The molecule has 0 saturated carbocycles. The maximum atomic E-state index is 16.0. The van der Waals surface area contributed by atoms with Crippen molar-refractivity contribution in [2.24, 2.45) is 0 Å². The molecule has 3 aliphatic heterocycles. The van der Waals surface area contributed by atoms with Crippen LogP contribution in [0, 0.1) is 0 Å². The number of imidazole rings is 1. The number of nitrogen functional groups attached to an aromatic ring is 2. The number of nitrogens with zero attached hydrogens (tertiary/aromatic N) is 8. The zero-order valence-corrected chi connectivity index (χ0v) is 26.1. The van der Waals surface area contributed by atoms with Crippen molar-refractivity contribution in [3.05, 3.63) is 23.0 Å². The van der Waals surface area contributed by atoms with Crippen molar-refractivity contribution in [3.8, 4) is 0 Å². The van der Waals surface area contributed by atoms with Crippen molar-refractivity contribution < 1.29 is 46.1 Å². The van der Waals surface area contributed by atoms with Crippen LogP contribution in [0.2, 0.25) is 0 Å². The maximum absolute atomic E-state index is 16.0. The molecule has 0 radical (unpaired) electrons. The van der Waals surface area contributed by atoms with Crippen LogP contribution >= 0.6 is 38.8 Å². The fourth-order valence-electron chi connectivity index (χ4n) is 5.23. The second kappa shape index (κ2) is 11.3. The summed E-state index contributed by atoms with van der Waals surface area (Å²) in [5.41, 5.74) is 10.7. The summed E-state index contributed by atoms with van der Waals surface area (Å²) in [5, 5.41) is 7.75. The number of hydrogen-bond donors (Lipinski definition) is 7. The number of nitrogens with two attached hydrogens (primary N) is 2. The standard InChI is InChI=1S/C19H25F2N11O9P2S2/c20-7-5-1-36-42(34,44)40-11-6(39-17(8(11)21)32-14-9(29-30-32)13(22)24-3-25-14)2-37-43(35,45)41-12(7)18(38-5)31-4-26-10-15(31)27-19(23)28-16(10)33/h3-8,11-12,17-18,34-35,42-45H,1-2H2,(H2,22,24,25)(H3,23,27,28,33)/t5-,6?,7-,8+,11-,12?,17-,18-/m1/s1. The molecule has 26 heteroatoms. The van der Waals surface area contributed by atoms with E-state index in [2.05, 4.69) is 59.7 Å². The number of thiol groups is 2. The van der Waals surface area contributed by atoms with Gasteiger partial charge in [-0.1, -0.05) is 0 Å². The van der Waals surface area contributed by atoms with Crippen LogP contribution in [0.4, 0.5) is 20.5 Å². The predicted molar refractivity (Wildman–Crippen MR) is 158 cm³/mol. The molecule has 20 nitrogen and oxygen atoms in total. The second-order valence-corrected chi connectivity index (χ2v) is 16.8. The van der Waals surface area contributed by atoms with Crippen molar-refractivity contribution >= 4 is 72.9 Å². The number of alkyl halides is 2. The first-order valence-corrected chi connectivity index (χ1v) is 19.1. The SMILES string of the molecule is Nc1nc2c(ncn2[C@@H]2O[C@@H]3CO[PH](O)(S)O[C@@H]4C(CO[PH](O)(S)OC2[C@@H]3F)O[C@@H](n2nnc3c(N)ncnc32)[C@H]4F)c(=O)[nH]1. The van der Waals surface area contributed by atoms with E-state index >= 15 is 8.78 Å². The zero-order valence-electron chi connectivity index (χ0n) is 22.3. The van der Waals surface area contributed by atoms with Crippen molar-refractivity contribution in [2.45, 2.75) is 49.2 Å². The first kappa shape index (κ1) is 31.1. The van der Waals surface area contributed by atoms with Crippen molar-refractivity contribution in [3.63, 3.8) is 0 Å². The number of rotatable bonds is 2. The monoisotopic (exact) mass is 715 g/mol. The first-order valence-electron chi connectivity index (χ1n) is 13.0. The molecule has 8 atom stereocenters. The molecule has 3 saturated heterocycles. The van der Waals surface area contributed by atoms with E-state index in [4.69, 9.17) is 39.0 Å². The summed E-state index contributed by atoms with van der Waals surface area (Å²) in [7, 11) is -9.16. The molecule has 2 unspecified atom stereocenters. The average molecular weight is 716 g/mol. The van der Waals surface area contributed by atoms with Crippen LogP contribution in [0.5, 0.6) is 0 Å². The van der Waals surface area contributed by atoms with E-state index in [0.29, 0.717) is 0 Å². The molecule has 0 amide bonds. The van der Waals surface area contributed by atoms with Gasteiger partial charge in [-0.05, 0) is 0 Å². The number of anilines is 2. The predicted octanol–water partition coefficient (Wildman–Crippen LogP) is -0.529. The van der Waals surface area contributed by atoms with Crippen molar-refractivity contribution in [2.75, 3.05) is 24.7 Å². The van der Waals surface area contributed by atoms with Crippen molar-refractivity contribution in [1.29, 1.82) is 0 Å². The van der Waals surface area contributed by atoms with Crippen molar-refractivity contribution in [1.82, 2.24) is 44.5 Å². The minimum absolute atomic E-state index is 0.00770. The van der Waals surface area contributed by atoms with Gasteiger partial charge in [0, 0.05) is 0 Å². The van der Waals surface area contributed by atoms with E-state index in [1.165, 1.54) is 4.57 Å². The van der Waals surface area contributed by atoms with E-state index in [1.807, 2.05) is 0 Å². The third-order valence-electron chi connectivity index (χ3n) is 7.24. The Hall–Kier alpha value is -2.47. The molecule has 45 heavy (non-hydrogen) atoms. The van der Waals surface area contributed by atoms with Crippen LogP contribution < -0.4 is 17.0 Å². The molecule has 4 aromatic heterocycles. The molecule has 0 spiro atoms. The number of fused-ring (bicyclic) bond motifs is 5. The Morgan fingerprint density at radius 1 is 0.933 bits per heavy atom. The number of aromatic amines is 1. The Balaban J connectivity index is 1.20. The molecular weight excluding hydrogens is 690 g/mol. The zero-order chi connectivity index (χ0) is 31.8. The summed E-state index contributed by atoms with van der Waals surface area (Å²) in [6, 6.07) is 0. The minimum atomic E-state index is -4.60. The molecule has 3 fully saturated rings. The van der Waals surface area contributed by atoms with Gasteiger partial charge in [0.2, 0.25) is 0 Å². The summed E-state index contributed by atoms with van der Waals surface area (Å²) in [6.07, 6.45) is -10.8. The molecule has 0 aromatic carbocycles. The van der Waals surface area contributed by atoms with E-state index in [1.54, 1.807) is 0 Å². The molecule has 7 heterocycles. The van der Waals surface area contributed by atoms with Crippen LogP contribution in [0.15, 0.2) is 17.4 Å². The van der Waals surface area contributed by atoms with Gasteiger partial charge in [-0.15, -0.1) is 0 Å². The van der Waals surface area contributed by atoms with Crippen LogP contribution in [-0.4, -0.2) is 104 Å². The number of H-pyrrole nitrogens is 1. The Bertz CT molecular complexity index is 1820. The molecular formula is C19H25F2N11O9P2S2. The van der Waals surface area contributed by atoms with Gasteiger partial charge in [0.25, 0.3) is 0 Å². The fourth-order valence-corrected chi connectivity index (χ4v) is 8.54. The Morgan fingerprint density at radius 2 is 1.62 bits per heavy atom. The van der Waals surface area contributed by atoms with E-state index in [9.17, 15) is 14.6 Å². The van der Waals surface area contributed by atoms with Crippen LogP contribution in [0.1, 0.15) is 12.5 Å². The summed E-state index contributed by atoms with van der Waals surface area (Å²) in [4.78, 5) is 52.5. The molecule has 246 valence electrons. The summed E-state index contributed by atoms with van der Waals surface area (Å²) in [5.74, 6) is -0.257. The van der Waals surface area contributed by atoms with Crippen LogP contribution in [0.25, 0.3) is 22.3 Å². The fraction of sp³-hybridized carbons (Fsp3) is 0.526. The van der Waals surface area contributed by atoms with Gasteiger partial charge in [-0.3, -0.25) is 0 Å². The van der Waals surface area contributed by atoms with Gasteiger partial charge < -0.3 is 0 Å². The van der Waals surface area contributed by atoms with Gasteiger partial charge in [-0.25, -0.2) is 0 Å². The molecule has 7 rings (SSSR count). The van der Waals surface area contributed by atoms with Gasteiger partial charge >= 0.3 is 260 Å². The number of aromatic nitrogens is 9. The Labute approximate surface area is 260 Å². The van der Waals surface area contributed by atoms with Gasteiger partial charge in [0.05, 0.1) is 0 Å². The Morgan fingerprint density at radius 3 is 2.38 bits per heavy atom. The molecule has 3 aliphatic rings.